The lowest BCUT2D eigenvalue weighted by Crippen LogP contribution is -2.39. The average Bonchev–Trinajstić information content (AvgIpc) is 2.58. The monoisotopic (exact) mass is 293 g/mol. The minimum Gasteiger partial charge on any atom is -0.482 e. The molecule has 1 amide bonds. The van der Waals surface area contributed by atoms with E-state index in [-0.39, 0.29) is 12.5 Å². The van der Waals surface area contributed by atoms with Crippen LogP contribution in [0.5, 0.6) is 5.75 Å². The van der Waals surface area contributed by atoms with Crippen LogP contribution in [0, 0.1) is 11.3 Å². The van der Waals surface area contributed by atoms with Gasteiger partial charge in [-0.05, 0) is 17.7 Å². The summed E-state index contributed by atoms with van der Waals surface area (Å²) in [6.07, 6.45) is 0. The maximum absolute atomic E-state index is 11.7. The molecule has 2 aromatic carbocycles. The standard InChI is InChI=1S/C17H15N3O2/c1-13(14-7-3-2-4-8-14)19-20-17(21)12-22-16-10-6-5-9-15(16)11-18/h2-10,19H,1,12H2,(H,20,21). The molecular weight excluding hydrogens is 278 g/mol. The highest BCUT2D eigenvalue weighted by atomic mass is 16.5. The van der Waals surface area contributed by atoms with E-state index in [9.17, 15) is 4.79 Å². The second-order valence-electron chi connectivity index (χ2n) is 4.41. The van der Waals surface area contributed by atoms with E-state index >= 15 is 0 Å². The van der Waals surface area contributed by atoms with Gasteiger partial charge >= 0.3 is 0 Å². The normalized spacial score (nSPS) is 9.41. The summed E-state index contributed by atoms with van der Waals surface area (Å²) in [6, 6.07) is 18.2. The predicted octanol–water partition coefficient (Wildman–Crippen LogP) is 2.23. The quantitative estimate of drug-likeness (QED) is 0.801. The molecule has 2 rings (SSSR count). The van der Waals surface area contributed by atoms with Crippen molar-refractivity contribution >= 4 is 11.6 Å². The van der Waals surface area contributed by atoms with Crippen LogP contribution in [-0.2, 0) is 4.79 Å². The molecule has 0 aliphatic carbocycles. The number of ether oxygens (including phenoxy) is 1. The van der Waals surface area contributed by atoms with Gasteiger partial charge in [-0.25, -0.2) is 0 Å². The average molecular weight is 293 g/mol. The zero-order chi connectivity index (χ0) is 15.8. The van der Waals surface area contributed by atoms with Crippen LogP contribution in [0.3, 0.4) is 0 Å². The van der Waals surface area contributed by atoms with Gasteiger partial charge in [-0.3, -0.25) is 15.6 Å². The van der Waals surface area contributed by atoms with Gasteiger partial charge in [0.15, 0.2) is 6.61 Å². The Balaban J connectivity index is 1.81. The van der Waals surface area contributed by atoms with Gasteiger partial charge < -0.3 is 4.74 Å². The van der Waals surface area contributed by atoms with Gasteiger partial charge in [-0.2, -0.15) is 5.26 Å². The summed E-state index contributed by atoms with van der Waals surface area (Å²) in [6.45, 7) is 3.63. The summed E-state index contributed by atoms with van der Waals surface area (Å²) in [4.78, 5) is 11.7. The van der Waals surface area contributed by atoms with Crippen LogP contribution in [-0.4, -0.2) is 12.5 Å². The molecule has 2 aromatic rings. The molecule has 0 atom stereocenters. The van der Waals surface area contributed by atoms with Gasteiger partial charge in [0, 0.05) is 0 Å². The zero-order valence-corrected chi connectivity index (χ0v) is 11.9. The highest BCUT2D eigenvalue weighted by molar-refractivity contribution is 5.78. The van der Waals surface area contributed by atoms with Crippen LogP contribution in [0.25, 0.3) is 5.70 Å². The molecule has 110 valence electrons. The van der Waals surface area contributed by atoms with Crippen molar-refractivity contribution < 1.29 is 9.53 Å². The molecule has 0 unspecified atom stereocenters. The Morgan fingerprint density at radius 3 is 2.50 bits per heavy atom. The second-order valence-corrected chi connectivity index (χ2v) is 4.41. The minimum atomic E-state index is -0.371. The maximum Gasteiger partial charge on any atom is 0.276 e. The van der Waals surface area contributed by atoms with Crippen molar-refractivity contribution in [3.05, 3.63) is 72.3 Å². The fraction of sp³-hybridized carbons (Fsp3) is 0.0588. The van der Waals surface area contributed by atoms with Crippen molar-refractivity contribution in [1.82, 2.24) is 10.9 Å². The van der Waals surface area contributed by atoms with Crippen molar-refractivity contribution in [3.63, 3.8) is 0 Å². The Kier molecular flexibility index (Phi) is 5.16. The topological polar surface area (TPSA) is 74.2 Å². The Bertz CT molecular complexity index is 705. The fourth-order valence-corrected chi connectivity index (χ4v) is 1.72. The van der Waals surface area contributed by atoms with Gasteiger partial charge in [0.05, 0.1) is 11.3 Å². The first-order valence-electron chi connectivity index (χ1n) is 6.62. The Morgan fingerprint density at radius 2 is 1.77 bits per heavy atom. The number of hydrogen-bond donors (Lipinski definition) is 2. The summed E-state index contributed by atoms with van der Waals surface area (Å²) < 4.78 is 5.32. The molecule has 0 spiro atoms. The molecule has 0 aliphatic rings. The Labute approximate surface area is 128 Å². The summed E-state index contributed by atoms with van der Waals surface area (Å²) in [5.41, 5.74) is 7.05. The van der Waals surface area contributed by atoms with E-state index in [1.807, 2.05) is 36.4 Å². The van der Waals surface area contributed by atoms with E-state index in [2.05, 4.69) is 17.4 Å². The van der Waals surface area contributed by atoms with Crippen LogP contribution in [0.15, 0.2) is 61.2 Å². The van der Waals surface area contributed by atoms with E-state index < -0.39 is 0 Å². The number of rotatable bonds is 6. The van der Waals surface area contributed by atoms with Crippen molar-refractivity contribution in [3.8, 4) is 11.8 Å². The first kappa shape index (κ1) is 15.1. The number of hydrazine groups is 1. The first-order chi connectivity index (χ1) is 10.7. The van der Waals surface area contributed by atoms with Crippen LogP contribution in [0.4, 0.5) is 0 Å². The molecular formula is C17H15N3O2. The molecule has 0 fully saturated rings. The molecule has 2 N–H and O–H groups in total. The Hall–Kier alpha value is -3.26. The summed E-state index contributed by atoms with van der Waals surface area (Å²) in [5, 5.41) is 8.93. The molecule has 0 radical (unpaired) electrons. The molecule has 0 saturated carbocycles. The molecule has 5 nitrogen and oxygen atoms in total. The van der Waals surface area contributed by atoms with E-state index in [1.165, 1.54) is 0 Å². The molecule has 0 aliphatic heterocycles. The first-order valence-corrected chi connectivity index (χ1v) is 6.62. The van der Waals surface area contributed by atoms with Gasteiger partial charge in [0.2, 0.25) is 0 Å². The predicted molar refractivity (Wildman–Crippen MR) is 83.4 cm³/mol. The highest BCUT2D eigenvalue weighted by Crippen LogP contribution is 2.16. The van der Waals surface area contributed by atoms with E-state index in [4.69, 9.17) is 10.00 Å². The number of amides is 1. The van der Waals surface area contributed by atoms with Crippen LogP contribution >= 0.6 is 0 Å². The van der Waals surface area contributed by atoms with Gasteiger partial charge in [0.1, 0.15) is 11.8 Å². The third kappa shape index (κ3) is 4.12. The summed E-state index contributed by atoms with van der Waals surface area (Å²) in [7, 11) is 0. The lowest BCUT2D eigenvalue weighted by Gasteiger charge is -2.12. The number of benzene rings is 2. The van der Waals surface area contributed by atoms with Gasteiger partial charge in [0.25, 0.3) is 5.91 Å². The molecule has 22 heavy (non-hydrogen) atoms. The van der Waals surface area contributed by atoms with Gasteiger partial charge in [-0.1, -0.05) is 49.0 Å². The smallest absolute Gasteiger partial charge is 0.276 e. The largest absolute Gasteiger partial charge is 0.482 e. The van der Waals surface area contributed by atoms with Crippen molar-refractivity contribution in [2.24, 2.45) is 0 Å². The van der Waals surface area contributed by atoms with E-state index in [0.29, 0.717) is 17.0 Å². The van der Waals surface area contributed by atoms with Crippen molar-refractivity contribution in [2.75, 3.05) is 6.61 Å². The Morgan fingerprint density at radius 1 is 1.09 bits per heavy atom. The molecule has 0 bridgehead atoms. The van der Waals surface area contributed by atoms with Crippen LogP contribution in [0.1, 0.15) is 11.1 Å². The van der Waals surface area contributed by atoms with Gasteiger partial charge in [-0.15, -0.1) is 0 Å². The maximum atomic E-state index is 11.7. The fourth-order valence-electron chi connectivity index (χ4n) is 1.72. The zero-order valence-electron chi connectivity index (χ0n) is 11.9. The van der Waals surface area contributed by atoms with Crippen molar-refractivity contribution in [1.29, 1.82) is 5.26 Å². The number of carbonyl (C=O) groups is 1. The van der Waals surface area contributed by atoms with Crippen LogP contribution in [0.2, 0.25) is 0 Å². The number of para-hydroxylation sites is 1. The summed E-state index contributed by atoms with van der Waals surface area (Å²) in [5.74, 6) is 0.00635. The number of nitrogens with one attached hydrogen (secondary N) is 2. The highest BCUT2D eigenvalue weighted by Gasteiger charge is 2.06. The third-order valence-electron chi connectivity index (χ3n) is 2.84. The molecule has 5 heteroatoms. The lowest BCUT2D eigenvalue weighted by molar-refractivity contribution is -0.123. The molecule has 0 aromatic heterocycles. The summed E-state index contributed by atoms with van der Waals surface area (Å²) >= 11 is 0. The second kappa shape index (κ2) is 7.50. The third-order valence-corrected chi connectivity index (χ3v) is 2.84. The number of nitriles is 1. The number of carbonyl (C=O) groups excluding carboxylic acids is 1. The lowest BCUT2D eigenvalue weighted by atomic mass is 10.2. The van der Waals surface area contributed by atoms with Crippen molar-refractivity contribution in [2.45, 2.75) is 0 Å². The van der Waals surface area contributed by atoms with Crippen LogP contribution < -0.4 is 15.6 Å². The number of nitrogens with zero attached hydrogens (tertiary/aromatic N) is 1. The SMILES string of the molecule is C=C(NNC(=O)COc1ccccc1C#N)c1ccccc1. The number of hydrogen-bond acceptors (Lipinski definition) is 4. The molecule has 0 saturated heterocycles. The van der Waals surface area contributed by atoms with E-state index in [1.54, 1.807) is 24.3 Å². The van der Waals surface area contributed by atoms with E-state index in [0.717, 1.165) is 5.56 Å². The molecule has 0 heterocycles. The minimum absolute atomic E-state index is 0.201.